The molecule has 3 atom stereocenters. The van der Waals surface area contributed by atoms with Crippen molar-refractivity contribution in [1.29, 1.82) is 0 Å². The van der Waals surface area contributed by atoms with Gasteiger partial charge in [0.15, 0.2) is 0 Å². The van der Waals surface area contributed by atoms with Gasteiger partial charge in [-0.3, -0.25) is 0 Å². The zero-order valence-electron chi connectivity index (χ0n) is 21.9. The first-order valence-corrected chi connectivity index (χ1v) is 15.7. The van der Waals surface area contributed by atoms with E-state index in [0.717, 1.165) is 25.9 Å². The highest BCUT2D eigenvalue weighted by Crippen LogP contribution is 2.44. The van der Waals surface area contributed by atoms with Crippen molar-refractivity contribution in [3.8, 4) is 0 Å². The van der Waals surface area contributed by atoms with E-state index in [1.54, 1.807) is 0 Å². The van der Waals surface area contributed by atoms with Crippen LogP contribution >= 0.6 is 11.8 Å². The molecule has 35 heavy (non-hydrogen) atoms. The first-order valence-electron chi connectivity index (χ1n) is 12.9. The highest BCUT2D eigenvalue weighted by atomic mass is 32.2. The predicted octanol–water partition coefficient (Wildman–Crippen LogP) is 7.07. The summed E-state index contributed by atoms with van der Waals surface area (Å²) < 4.78 is 13.7. The minimum absolute atomic E-state index is 0.00365. The standard InChI is InChI=1S/C31H40O2SSi/c1-25-24-29(34-26-16-9-6-10-17-26)31(5,33-25)22-15-23-32-35(30(2,3)4,27-18-11-7-12-19-27)28-20-13-8-14-21-28/h6-14,16-21,25,29H,15,22-24H2,1-5H3/t25-,29-,31+/m1/s1. The SMILES string of the molecule is C[C@@H]1C[C@@H](Sc2ccccc2)[C@](C)(CCCO[Si](c2ccccc2)(c2ccccc2)C(C)(C)C)O1. The number of ether oxygens (including phenoxy) is 1. The van der Waals surface area contributed by atoms with Gasteiger partial charge in [-0.05, 0) is 60.7 Å². The zero-order chi connectivity index (χ0) is 24.9. The first-order chi connectivity index (χ1) is 16.7. The Kier molecular flexibility index (Phi) is 8.27. The molecule has 3 aromatic carbocycles. The van der Waals surface area contributed by atoms with Crippen molar-refractivity contribution >= 4 is 30.5 Å². The fraction of sp³-hybridized carbons (Fsp3) is 0.419. The lowest BCUT2D eigenvalue weighted by Crippen LogP contribution is -2.66. The van der Waals surface area contributed by atoms with Crippen LogP contribution in [-0.4, -0.2) is 31.9 Å². The maximum atomic E-state index is 7.13. The minimum atomic E-state index is -2.49. The Morgan fingerprint density at radius 3 is 1.91 bits per heavy atom. The molecule has 1 aliphatic rings. The molecular weight excluding hydrogens is 464 g/mol. The Labute approximate surface area is 217 Å². The largest absolute Gasteiger partial charge is 0.407 e. The summed E-state index contributed by atoms with van der Waals surface area (Å²) in [5, 5.41) is 3.14. The van der Waals surface area contributed by atoms with Crippen molar-refractivity contribution in [2.45, 2.75) is 80.8 Å². The van der Waals surface area contributed by atoms with Crippen LogP contribution in [0.3, 0.4) is 0 Å². The van der Waals surface area contributed by atoms with Gasteiger partial charge in [0, 0.05) is 16.8 Å². The lowest BCUT2D eigenvalue weighted by Gasteiger charge is -2.43. The summed E-state index contributed by atoms with van der Waals surface area (Å²) in [4.78, 5) is 1.32. The molecule has 0 radical (unpaired) electrons. The van der Waals surface area contributed by atoms with E-state index in [4.69, 9.17) is 9.16 Å². The normalized spacial score (nSPS) is 22.9. The molecule has 2 nitrogen and oxygen atoms in total. The van der Waals surface area contributed by atoms with E-state index < -0.39 is 8.32 Å². The highest BCUT2D eigenvalue weighted by Gasteiger charge is 2.50. The van der Waals surface area contributed by atoms with Gasteiger partial charge in [-0.1, -0.05) is 99.6 Å². The first kappa shape index (κ1) is 26.2. The van der Waals surface area contributed by atoms with Crippen LogP contribution in [0.4, 0.5) is 0 Å². The maximum Gasteiger partial charge on any atom is 0.261 e. The smallest absolute Gasteiger partial charge is 0.261 e. The minimum Gasteiger partial charge on any atom is -0.407 e. The third kappa shape index (κ3) is 5.77. The summed E-state index contributed by atoms with van der Waals surface area (Å²) in [6, 6.07) is 32.6. The molecule has 1 aliphatic heterocycles. The van der Waals surface area contributed by atoms with E-state index in [9.17, 15) is 0 Å². The second-order valence-corrected chi connectivity index (χ2v) is 16.6. The molecular formula is C31H40O2SSi. The Bertz CT molecular complexity index is 1010. The van der Waals surface area contributed by atoms with Crippen LogP contribution in [0, 0.1) is 0 Å². The van der Waals surface area contributed by atoms with Gasteiger partial charge in [0.1, 0.15) is 0 Å². The van der Waals surface area contributed by atoms with E-state index in [-0.39, 0.29) is 10.6 Å². The van der Waals surface area contributed by atoms with Crippen LogP contribution in [0.15, 0.2) is 95.9 Å². The van der Waals surface area contributed by atoms with Crippen molar-refractivity contribution in [3.05, 3.63) is 91.0 Å². The zero-order valence-corrected chi connectivity index (χ0v) is 23.7. The van der Waals surface area contributed by atoms with Crippen molar-refractivity contribution < 1.29 is 9.16 Å². The van der Waals surface area contributed by atoms with Crippen molar-refractivity contribution in [2.75, 3.05) is 6.61 Å². The van der Waals surface area contributed by atoms with Gasteiger partial charge in [-0.2, -0.15) is 0 Å². The Balaban J connectivity index is 1.52. The molecule has 0 bridgehead atoms. The molecule has 1 saturated heterocycles. The number of hydrogen-bond donors (Lipinski definition) is 0. The lowest BCUT2D eigenvalue weighted by molar-refractivity contribution is -0.0269. The van der Waals surface area contributed by atoms with E-state index in [1.165, 1.54) is 15.3 Å². The molecule has 1 fully saturated rings. The second kappa shape index (κ2) is 11.0. The number of benzene rings is 3. The van der Waals surface area contributed by atoms with Crippen LogP contribution in [-0.2, 0) is 9.16 Å². The average Bonchev–Trinajstić information content (AvgIpc) is 3.13. The van der Waals surface area contributed by atoms with E-state index in [0.29, 0.717) is 11.4 Å². The molecule has 1 heterocycles. The number of hydrogen-bond acceptors (Lipinski definition) is 3. The monoisotopic (exact) mass is 504 g/mol. The molecule has 0 aromatic heterocycles. The van der Waals surface area contributed by atoms with Crippen LogP contribution in [0.5, 0.6) is 0 Å². The fourth-order valence-electron chi connectivity index (χ4n) is 5.60. The van der Waals surface area contributed by atoms with Gasteiger partial charge in [0.05, 0.1) is 11.7 Å². The summed E-state index contributed by atoms with van der Waals surface area (Å²) in [5.74, 6) is 0. The van der Waals surface area contributed by atoms with E-state index >= 15 is 0 Å². The van der Waals surface area contributed by atoms with Gasteiger partial charge < -0.3 is 9.16 Å². The summed E-state index contributed by atoms with van der Waals surface area (Å²) in [6.07, 6.45) is 3.37. The van der Waals surface area contributed by atoms with Gasteiger partial charge in [0.25, 0.3) is 8.32 Å². The van der Waals surface area contributed by atoms with Crippen LogP contribution in [0.25, 0.3) is 0 Å². The summed E-state index contributed by atoms with van der Waals surface area (Å²) in [7, 11) is -2.49. The molecule has 4 rings (SSSR count). The molecule has 0 N–H and O–H groups in total. The molecule has 4 heteroatoms. The summed E-state index contributed by atoms with van der Waals surface area (Å²) >= 11 is 1.97. The van der Waals surface area contributed by atoms with Crippen LogP contribution in [0.2, 0.25) is 5.04 Å². The maximum absolute atomic E-state index is 7.13. The number of thioether (sulfide) groups is 1. The van der Waals surface area contributed by atoms with Crippen LogP contribution < -0.4 is 10.4 Å². The van der Waals surface area contributed by atoms with Crippen molar-refractivity contribution in [3.63, 3.8) is 0 Å². The highest BCUT2D eigenvalue weighted by molar-refractivity contribution is 8.00. The lowest BCUT2D eigenvalue weighted by atomic mass is 9.96. The molecule has 0 amide bonds. The Morgan fingerprint density at radius 1 is 0.886 bits per heavy atom. The average molecular weight is 505 g/mol. The third-order valence-electron chi connectivity index (χ3n) is 7.27. The topological polar surface area (TPSA) is 18.5 Å². The van der Waals surface area contributed by atoms with E-state index in [1.807, 2.05) is 11.8 Å². The number of rotatable bonds is 9. The molecule has 0 unspecified atom stereocenters. The fourth-order valence-corrected chi connectivity index (χ4v) is 11.6. The van der Waals surface area contributed by atoms with Crippen LogP contribution in [0.1, 0.15) is 53.9 Å². The van der Waals surface area contributed by atoms with Crippen molar-refractivity contribution in [1.82, 2.24) is 0 Å². The summed E-state index contributed by atoms with van der Waals surface area (Å²) in [5.41, 5.74) is -0.144. The predicted molar refractivity (Wildman–Crippen MR) is 152 cm³/mol. The molecule has 0 saturated carbocycles. The van der Waals surface area contributed by atoms with Gasteiger partial charge in [-0.25, -0.2) is 0 Å². The quantitative estimate of drug-likeness (QED) is 0.229. The molecule has 186 valence electrons. The van der Waals surface area contributed by atoms with Gasteiger partial charge in [-0.15, -0.1) is 11.8 Å². The molecule has 0 spiro atoms. The van der Waals surface area contributed by atoms with Gasteiger partial charge >= 0.3 is 0 Å². The summed E-state index contributed by atoms with van der Waals surface area (Å²) in [6.45, 7) is 12.3. The van der Waals surface area contributed by atoms with E-state index in [2.05, 4.69) is 126 Å². The third-order valence-corrected chi connectivity index (χ3v) is 13.8. The second-order valence-electron chi connectivity index (χ2n) is 11.0. The Hall–Kier alpha value is -1.85. The molecule has 0 aliphatic carbocycles. The van der Waals surface area contributed by atoms with Gasteiger partial charge in [0.2, 0.25) is 0 Å². The van der Waals surface area contributed by atoms with Crippen molar-refractivity contribution in [2.24, 2.45) is 0 Å². The Morgan fingerprint density at radius 2 is 1.40 bits per heavy atom. The molecule has 3 aromatic rings.